The first kappa shape index (κ1) is 23.1. The summed E-state index contributed by atoms with van der Waals surface area (Å²) in [6.45, 7) is 4.87. The number of carbonyl (C=O) groups is 2. The summed E-state index contributed by atoms with van der Waals surface area (Å²) in [6.07, 6.45) is 3.03. The molecule has 1 aromatic rings. The minimum Gasteiger partial charge on any atom is -0.379 e. The highest BCUT2D eigenvalue weighted by Gasteiger charge is 2.33. The first-order valence-corrected chi connectivity index (χ1v) is 12.7. The van der Waals surface area contributed by atoms with E-state index in [1.165, 1.54) is 11.3 Å². The molecule has 2 aliphatic heterocycles. The zero-order chi connectivity index (χ0) is 21.4. The summed E-state index contributed by atoms with van der Waals surface area (Å²) >= 11 is 1.21. The second-order valence-electron chi connectivity index (χ2n) is 7.45. The van der Waals surface area contributed by atoms with Gasteiger partial charge in [0, 0.05) is 45.3 Å². The monoisotopic (exact) mass is 458 g/mol. The fourth-order valence-corrected chi connectivity index (χ4v) is 6.61. The van der Waals surface area contributed by atoms with Crippen LogP contribution in [0.5, 0.6) is 0 Å². The summed E-state index contributed by atoms with van der Waals surface area (Å²) in [4.78, 5) is 26.2. The van der Waals surface area contributed by atoms with Crippen molar-refractivity contribution in [3.8, 4) is 0 Å². The molecule has 30 heavy (non-hydrogen) atoms. The second-order valence-corrected chi connectivity index (χ2v) is 10.5. The third-order valence-electron chi connectivity index (χ3n) is 5.42. The number of morpholine rings is 1. The lowest BCUT2D eigenvalue weighted by Crippen LogP contribution is -2.47. The van der Waals surface area contributed by atoms with Crippen molar-refractivity contribution in [3.63, 3.8) is 0 Å². The molecule has 0 unspecified atom stereocenters. The maximum Gasteiger partial charge on any atom is 0.309 e. The number of nitrogens with zero attached hydrogens (tertiary/aromatic N) is 2. The van der Waals surface area contributed by atoms with E-state index in [0.29, 0.717) is 43.5 Å². The van der Waals surface area contributed by atoms with Gasteiger partial charge in [0.15, 0.2) is 0 Å². The Kier molecular flexibility index (Phi) is 8.63. The van der Waals surface area contributed by atoms with Crippen LogP contribution in [0.15, 0.2) is 21.7 Å². The van der Waals surface area contributed by atoms with E-state index in [-0.39, 0.29) is 12.6 Å². The smallest absolute Gasteiger partial charge is 0.309 e. The van der Waals surface area contributed by atoms with Crippen LogP contribution >= 0.6 is 11.3 Å². The fraction of sp³-hybridized carbons (Fsp3) is 0.684. The largest absolute Gasteiger partial charge is 0.379 e. The van der Waals surface area contributed by atoms with E-state index in [2.05, 4.69) is 15.5 Å². The Hall–Kier alpha value is -1.53. The zero-order valence-electron chi connectivity index (χ0n) is 17.0. The lowest BCUT2D eigenvalue weighted by atomic mass is 10.0. The van der Waals surface area contributed by atoms with Crippen LogP contribution in [-0.4, -0.2) is 88.0 Å². The van der Waals surface area contributed by atoms with Crippen molar-refractivity contribution in [1.82, 2.24) is 19.8 Å². The van der Waals surface area contributed by atoms with Gasteiger partial charge in [-0.05, 0) is 30.7 Å². The Morgan fingerprint density at radius 1 is 1.10 bits per heavy atom. The van der Waals surface area contributed by atoms with Crippen molar-refractivity contribution in [1.29, 1.82) is 0 Å². The third kappa shape index (κ3) is 6.24. The van der Waals surface area contributed by atoms with E-state index in [1.54, 1.807) is 21.8 Å². The minimum atomic E-state index is -3.51. The highest BCUT2D eigenvalue weighted by molar-refractivity contribution is 7.91. The number of hydrogen-bond donors (Lipinski definition) is 2. The average molecular weight is 459 g/mol. The number of sulfonamides is 1. The number of amides is 2. The molecule has 3 heterocycles. The van der Waals surface area contributed by atoms with Crippen molar-refractivity contribution in [2.45, 2.75) is 35.9 Å². The van der Waals surface area contributed by atoms with Crippen molar-refractivity contribution < 1.29 is 22.7 Å². The fourth-order valence-electron chi connectivity index (χ4n) is 3.77. The van der Waals surface area contributed by atoms with Crippen LogP contribution in [0.3, 0.4) is 0 Å². The number of hydrogen-bond acceptors (Lipinski definition) is 7. The molecule has 2 fully saturated rings. The molecule has 9 nitrogen and oxygen atoms in total. The normalized spacial score (nSPS) is 21.3. The summed E-state index contributed by atoms with van der Waals surface area (Å²) in [5.41, 5.74) is 0. The Morgan fingerprint density at radius 3 is 2.53 bits per heavy atom. The lowest BCUT2D eigenvalue weighted by molar-refractivity contribution is -0.139. The number of nitrogens with one attached hydrogen (secondary N) is 2. The molecule has 1 atom stereocenters. The Bertz CT molecular complexity index is 794. The molecular weight excluding hydrogens is 428 g/mol. The first-order valence-electron chi connectivity index (χ1n) is 10.4. The van der Waals surface area contributed by atoms with E-state index in [9.17, 15) is 18.0 Å². The van der Waals surface area contributed by atoms with Gasteiger partial charge in [-0.1, -0.05) is 12.5 Å². The van der Waals surface area contributed by atoms with E-state index in [0.717, 1.165) is 32.4 Å². The van der Waals surface area contributed by atoms with E-state index in [4.69, 9.17) is 4.74 Å². The molecule has 2 amide bonds. The maximum atomic E-state index is 12.9. The van der Waals surface area contributed by atoms with Crippen LogP contribution in [0.25, 0.3) is 0 Å². The van der Waals surface area contributed by atoms with Gasteiger partial charge in [-0.15, -0.1) is 11.3 Å². The molecule has 0 radical (unpaired) electrons. The molecule has 1 aromatic heterocycles. The highest BCUT2D eigenvalue weighted by atomic mass is 32.2. The molecule has 2 N–H and O–H groups in total. The molecule has 2 aliphatic rings. The second kappa shape index (κ2) is 11.2. The van der Waals surface area contributed by atoms with Crippen LogP contribution < -0.4 is 10.6 Å². The zero-order valence-corrected chi connectivity index (χ0v) is 18.7. The number of piperidine rings is 1. The van der Waals surface area contributed by atoms with Crippen molar-refractivity contribution in [2.24, 2.45) is 0 Å². The summed E-state index contributed by atoms with van der Waals surface area (Å²) in [6, 6.07) is 3.18. The molecular formula is C19H30N4O5S2. The lowest BCUT2D eigenvalue weighted by Gasteiger charge is -2.34. The summed E-state index contributed by atoms with van der Waals surface area (Å²) in [5.74, 6) is -1.34. The summed E-state index contributed by atoms with van der Waals surface area (Å²) in [7, 11) is -3.51. The van der Waals surface area contributed by atoms with E-state index >= 15 is 0 Å². The predicted molar refractivity (Wildman–Crippen MR) is 114 cm³/mol. The Labute approximate surface area is 181 Å². The van der Waals surface area contributed by atoms with Gasteiger partial charge in [0.1, 0.15) is 4.21 Å². The van der Waals surface area contributed by atoms with Crippen LogP contribution in [-0.2, 0) is 24.3 Å². The van der Waals surface area contributed by atoms with Gasteiger partial charge in [0.05, 0.1) is 13.2 Å². The molecule has 168 valence electrons. The number of carbonyl (C=O) groups excluding carboxylic acids is 2. The molecule has 0 bridgehead atoms. The SMILES string of the molecule is O=C(NCC[C@H]1CCCCN1S(=O)(=O)c1cccs1)C(=O)NCCN1CCOCC1. The Morgan fingerprint density at radius 2 is 1.83 bits per heavy atom. The standard InChI is InChI=1S/C19H30N4O5S2/c24-18(19(25)21-8-10-22-11-13-28-14-12-22)20-7-6-16-4-1-2-9-23(16)30(26,27)17-5-3-15-29-17/h3,5,15-16H,1-2,4,6-14H2,(H,20,24)(H,21,25)/t16-/m1/s1. The first-order chi connectivity index (χ1) is 14.5. The van der Waals surface area contributed by atoms with Gasteiger partial charge in [-0.3, -0.25) is 14.5 Å². The van der Waals surface area contributed by atoms with E-state index in [1.807, 2.05) is 0 Å². The van der Waals surface area contributed by atoms with Crippen LogP contribution in [0.2, 0.25) is 0 Å². The van der Waals surface area contributed by atoms with Gasteiger partial charge in [0.2, 0.25) is 0 Å². The van der Waals surface area contributed by atoms with Gasteiger partial charge in [-0.25, -0.2) is 8.42 Å². The molecule has 0 spiro atoms. The molecule has 11 heteroatoms. The van der Waals surface area contributed by atoms with Crippen molar-refractivity contribution in [3.05, 3.63) is 17.5 Å². The van der Waals surface area contributed by atoms with Crippen LogP contribution in [0, 0.1) is 0 Å². The molecule has 3 rings (SSSR count). The van der Waals surface area contributed by atoms with Gasteiger partial charge >= 0.3 is 11.8 Å². The number of thiophene rings is 1. The minimum absolute atomic E-state index is 0.171. The van der Waals surface area contributed by atoms with Crippen LogP contribution in [0.4, 0.5) is 0 Å². The summed E-state index contributed by atoms with van der Waals surface area (Å²) < 4.78 is 32.9. The number of rotatable bonds is 8. The maximum absolute atomic E-state index is 12.9. The topological polar surface area (TPSA) is 108 Å². The highest BCUT2D eigenvalue weighted by Crippen LogP contribution is 2.28. The average Bonchev–Trinajstić information content (AvgIpc) is 3.30. The third-order valence-corrected chi connectivity index (χ3v) is 8.74. The van der Waals surface area contributed by atoms with Gasteiger partial charge in [0.25, 0.3) is 10.0 Å². The van der Waals surface area contributed by atoms with E-state index < -0.39 is 21.8 Å². The molecule has 0 aromatic carbocycles. The van der Waals surface area contributed by atoms with Crippen LogP contribution in [0.1, 0.15) is 25.7 Å². The van der Waals surface area contributed by atoms with Crippen molar-refractivity contribution in [2.75, 3.05) is 52.5 Å². The molecule has 0 aliphatic carbocycles. The van der Waals surface area contributed by atoms with Crippen molar-refractivity contribution >= 4 is 33.2 Å². The molecule has 2 saturated heterocycles. The quantitative estimate of drug-likeness (QED) is 0.541. The van der Waals surface area contributed by atoms with Gasteiger partial charge in [-0.2, -0.15) is 4.31 Å². The summed E-state index contributed by atoms with van der Waals surface area (Å²) in [5, 5.41) is 7.01. The number of ether oxygens (including phenoxy) is 1. The predicted octanol–water partition coefficient (Wildman–Crippen LogP) is 0.246. The molecule has 0 saturated carbocycles. The Balaban J connectivity index is 1.41. The van der Waals surface area contributed by atoms with Gasteiger partial charge < -0.3 is 15.4 Å².